The Morgan fingerprint density at radius 1 is 1.27 bits per heavy atom. The normalized spacial score (nSPS) is 18.7. The van der Waals surface area contributed by atoms with Crippen molar-refractivity contribution in [3.8, 4) is 17.2 Å². The lowest BCUT2D eigenvalue weighted by Crippen LogP contribution is -2.47. The van der Waals surface area contributed by atoms with Gasteiger partial charge in [-0.2, -0.15) is 0 Å². The van der Waals surface area contributed by atoms with Crippen LogP contribution in [0, 0.1) is 0 Å². The molecule has 4 rings (SSSR count). The zero-order valence-corrected chi connectivity index (χ0v) is 15.5. The predicted octanol–water partition coefficient (Wildman–Crippen LogP) is 2.49. The first-order chi connectivity index (χ1) is 12.7. The number of aromatic nitrogens is 1. The number of amides is 1. The molecule has 136 valence electrons. The highest BCUT2D eigenvalue weighted by Crippen LogP contribution is 2.35. The Morgan fingerprint density at radius 3 is 3.04 bits per heavy atom. The maximum Gasteiger partial charge on any atom is 0.272 e. The number of carbonyl (C=O) groups excluding carboxylic acids is 1. The van der Waals surface area contributed by atoms with Crippen LogP contribution in [0.2, 0.25) is 0 Å². The van der Waals surface area contributed by atoms with Crippen LogP contribution in [0.5, 0.6) is 17.2 Å². The summed E-state index contributed by atoms with van der Waals surface area (Å²) in [5, 5.41) is 0. The average Bonchev–Trinajstić information content (AvgIpc) is 3.14. The average molecular weight is 421 g/mol. The second kappa shape index (κ2) is 7.51. The van der Waals surface area contributed by atoms with Crippen molar-refractivity contribution in [3.05, 3.63) is 46.7 Å². The summed E-state index contributed by atoms with van der Waals surface area (Å²) in [5.41, 5.74) is 0.414. The summed E-state index contributed by atoms with van der Waals surface area (Å²) >= 11 is 3.29. The van der Waals surface area contributed by atoms with Gasteiger partial charge in [0.25, 0.3) is 5.91 Å². The number of rotatable bonds is 4. The molecule has 2 aliphatic heterocycles. The molecule has 0 N–H and O–H groups in total. The van der Waals surface area contributed by atoms with Crippen LogP contribution < -0.4 is 14.2 Å². The fourth-order valence-electron chi connectivity index (χ4n) is 2.85. The Kier molecular flexibility index (Phi) is 4.94. The zero-order valence-electron chi connectivity index (χ0n) is 13.9. The van der Waals surface area contributed by atoms with E-state index in [1.165, 1.54) is 0 Å². The number of ether oxygens (including phenoxy) is 4. The molecule has 1 atom stereocenters. The quantitative estimate of drug-likeness (QED) is 0.707. The lowest BCUT2D eigenvalue weighted by molar-refractivity contribution is -0.0402. The first-order valence-corrected chi connectivity index (χ1v) is 9.04. The van der Waals surface area contributed by atoms with Gasteiger partial charge >= 0.3 is 0 Å². The van der Waals surface area contributed by atoms with Crippen molar-refractivity contribution in [1.29, 1.82) is 0 Å². The van der Waals surface area contributed by atoms with E-state index in [0.717, 1.165) is 0 Å². The molecule has 1 saturated heterocycles. The van der Waals surface area contributed by atoms with E-state index in [0.29, 0.717) is 53.8 Å². The van der Waals surface area contributed by atoms with E-state index in [1.807, 2.05) is 12.1 Å². The Balaban J connectivity index is 1.35. The van der Waals surface area contributed by atoms with Gasteiger partial charge in [0, 0.05) is 12.6 Å². The maximum atomic E-state index is 12.6. The molecule has 1 aromatic heterocycles. The number of carbonyl (C=O) groups is 1. The second-order valence-corrected chi connectivity index (χ2v) is 6.73. The molecule has 7 nitrogen and oxygen atoms in total. The van der Waals surface area contributed by atoms with Gasteiger partial charge < -0.3 is 23.8 Å². The number of pyridine rings is 1. The molecule has 0 bridgehead atoms. The summed E-state index contributed by atoms with van der Waals surface area (Å²) in [6.07, 6.45) is -0.203. The molecule has 0 saturated carbocycles. The predicted molar refractivity (Wildman–Crippen MR) is 95.6 cm³/mol. The third-order valence-electron chi connectivity index (χ3n) is 4.14. The minimum Gasteiger partial charge on any atom is -0.491 e. The van der Waals surface area contributed by atoms with Crippen molar-refractivity contribution in [1.82, 2.24) is 9.88 Å². The number of nitrogens with zero attached hydrogens (tertiary/aromatic N) is 2. The van der Waals surface area contributed by atoms with Gasteiger partial charge in [0.15, 0.2) is 11.5 Å². The van der Waals surface area contributed by atoms with Gasteiger partial charge in [-0.25, -0.2) is 4.98 Å². The molecular weight excluding hydrogens is 404 g/mol. The Labute approximate surface area is 158 Å². The first-order valence-electron chi connectivity index (χ1n) is 8.25. The summed E-state index contributed by atoms with van der Waals surface area (Å²) in [6, 6.07) is 10.7. The van der Waals surface area contributed by atoms with Gasteiger partial charge in [-0.1, -0.05) is 6.07 Å². The molecule has 0 aliphatic carbocycles. The molecule has 1 amide bonds. The summed E-state index contributed by atoms with van der Waals surface area (Å²) in [4.78, 5) is 18.6. The summed E-state index contributed by atoms with van der Waals surface area (Å²) in [5.74, 6) is 1.95. The molecule has 8 heteroatoms. The first kappa shape index (κ1) is 17.1. The third kappa shape index (κ3) is 3.76. The zero-order chi connectivity index (χ0) is 17.9. The van der Waals surface area contributed by atoms with Crippen molar-refractivity contribution < 1.29 is 23.7 Å². The molecule has 1 aromatic carbocycles. The number of hydrogen-bond acceptors (Lipinski definition) is 6. The van der Waals surface area contributed by atoms with Crippen molar-refractivity contribution >= 4 is 21.8 Å². The minimum absolute atomic E-state index is 0.109. The molecule has 0 spiro atoms. The van der Waals surface area contributed by atoms with Crippen LogP contribution in [0.25, 0.3) is 0 Å². The summed E-state index contributed by atoms with van der Waals surface area (Å²) < 4.78 is 22.8. The van der Waals surface area contributed by atoms with Gasteiger partial charge in [-0.15, -0.1) is 0 Å². The van der Waals surface area contributed by atoms with Gasteiger partial charge in [0.2, 0.25) is 6.79 Å². The second-order valence-electron chi connectivity index (χ2n) is 5.92. The SMILES string of the molecule is O=C(c1cccc(Br)n1)N1CCOC(COc2ccc3c(c2)OCO3)C1. The van der Waals surface area contributed by atoms with E-state index in [-0.39, 0.29) is 18.8 Å². The molecule has 3 heterocycles. The van der Waals surface area contributed by atoms with Crippen LogP contribution in [0.15, 0.2) is 41.0 Å². The third-order valence-corrected chi connectivity index (χ3v) is 4.58. The van der Waals surface area contributed by atoms with Crippen LogP contribution in [-0.4, -0.2) is 55.0 Å². The van der Waals surface area contributed by atoms with Gasteiger partial charge in [-0.05, 0) is 40.2 Å². The number of hydrogen-bond donors (Lipinski definition) is 0. The number of benzene rings is 1. The number of halogens is 1. The van der Waals surface area contributed by atoms with Crippen LogP contribution in [0.1, 0.15) is 10.5 Å². The van der Waals surface area contributed by atoms with E-state index in [2.05, 4.69) is 20.9 Å². The smallest absolute Gasteiger partial charge is 0.272 e. The highest BCUT2D eigenvalue weighted by Gasteiger charge is 2.26. The highest BCUT2D eigenvalue weighted by molar-refractivity contribution is 9.10. The molecule has 2 aromatic rings. The van der Waals surface area contributed by atoms with Gasteiger partial charge in [-0.3, -0.25) is 4.79 Å². The highest BCUT2D eigenvalue weighted by atomic mass is 79.9. The Hall–Kier alpha value is -2.32. The van der Waals surface area contributed by atoms with Crippen molar-refractivity contribution in [3.63, 3.8) is 0 Å². The largest absolute Gasteiger partial charge is 0.491 e. The van der Waals surface area contributed by atoms with Gasteiger partial charge in [0.05, 0.1) is 13.2 Å². The van der Waals surface area contributed by atoms with E-state index >= 15 is 0 Å². The van der Waals surface area contributed by atoms with E-state index < -0.39 is 0 Å². The molecule has 2 aliphatic rings. The van der Waals surface area contributed by atoms with Crippen LogP contribution in [-0.2, 0) is 4.74 Å². The summed E-state index contributed by atoms with van der Waals surface area (Å²) in [6.45, 7) is 2.03. The maximum absolute atomic E-state index is 12.6. The van der Waals surface area contributed by atoms with E-state index in [1.54, 1.807) is 29.2 Å². The monoisotopic (exact) mass is 420 g/mol. The lowest BCUT2D eigenvalue weighted by Gasteiger charge is -2.32. The topological polar surface area (TPSA) is 70.1 Å². The lowest BCUT2D eigenvalue weighted by atomic mass is 10.2. The minimum atomic E-state index is -0.203. The fraction of sp³-hybridized carbons (Fsp3) is 0.333. The number of morpholine rings is 1. The number of fused-ring (bicyclic) bond motifs is 1. The molecular formula is C18H17BrN2O5. The van der Waals surface area contributed by atoms with Crippen molar-refractivity contribution in [2.24, 2.45) is 0 Å². The summed E-state index contributed by atoms with van der Waals surface area (Å²) in [7, 11) is 0. The van der Waals surface area contributed by atoms with Crippen LogP contribution in [0.3, 0.4) is 0 Å². The molecule has 26 heavy (non-hydrogen) atoms. The Bertz CT molecular complexity index is 816. The molecule has 1 fully saturated rings. The van der Waals surface area contributed by atoms with Crippen LogP contribution in [0.4, 0.5) is 0 Å². The van der Waals surface area contributed by atoms with Crippen molar-refractivity contribution in [2.45, 2.75) is 6.10 Å². The van der Waals surface area contributed by atoms with Crippen molar-refractivity contribution in [2.75, 3.05) is 33.1 Å². The molecule has 1 unspecified atom stereocenters. The van der Waals surface area contributed by atoms with Crippen LogP contribution >= 0.6 is 15.9 Å². The van der Waals surface area contributed by atoms with E-state index in [9.17, 15) is 4.79 Å². The molecule has 0 radical (unpaired) electrons. The van der Waals surface area contributed by atoms with Gasteiger partial charge in [0.1, 0.15) is 28.8 Å². The standard InChI is InChI=1S/C18H17BrN2O5/c19-17-3-1-2-14(20-17)18(22)21-6-7-23-13(9-21)10-24-12-4-5-15-16(8-12)26-11-25-15/h1-5,8,13H,6-7,9-11H2. The Morgan fingerprint density at radius 2 is 2.15 bits per heavy atom. The fourth-order valence-corrected chi connectivity index (χ4v) is 3.19. The van der Waals surface area contributed by atoms with E-state index in [4.69, 9.17) is 18.9 Å².